The maximum atomic E-state index is 13.6. The number of allylic oxidation sites excluding steroid dienone is 3. The van der Waals surface area contributed by atoms with Gasteiger partial charge in [0.05, 0.1) is 4.92 Å². The Hall–Kier alpha value is -2.27. The Morgan fingerprint density at radius 3 is 2.83 bits per heavy atom. The van der Waals surface area contributed by atoms with Crippen LogP contribution in [0.2, 0.25) is 0 Å². The Morgan fingerprint density at radius 1 is 1.78 bits per heavy atom. The highest BCUT2D eigenvalue weighted by Crippen LogP contribution is 2.28. The SMILES string of the molecule is CON=C1C(F)=C([N+](=O)[O-])C=C(C(=O)C#N)C1Cl. The van der Waals surface area contributed by atoms with E-state index >= 15 is 0 Å². The number of nitrogens with zero attached hydrogens (tertiary/aromatic N) is 3. The van der Waals surface area contributed by atoms with Crippen LogP contribution in [0.3, 0.4) is 0 Å². The third-order valence-corrected chi connectivity index (χ3v) is 2.45. The summed E-state index contributed by atoms with van der Waals surface area (Å²) in [4.78, 5) is 25.1. The van der Waals surface area contributed by atoms with Crippen LogP contribution in [0.15, 0.2) is 28.3 Å². The van der Waals surface area contributed by atoms with Gasteiger partial charge in [0.2, 0.25) is 5.83 Å². The Labute approximate surface area is 105 Å². The number of nitro groups is 1. The van der Waals surface area contributed by atoms with Gasteiger partial charge >= 0.3 is 5.70 Å². The van der Waals surface area contributed by atoms with Gasteiger partial charge in [0.15, 0.2) is 0 Å². The van der Waals surface area contributed by atoms with Crippen LogP contribution in [0.1, 0.15) is 0 Å². The minimum absolute atomic E-state index is 0.428. The molecule has 7 nitrogen and oxygen atoms in total. The quantitative estimate of drug-likeness (QED) is 0.331. The van der Waals surface area contributed by atoms with E-state index in [0.717, 1.165) is 7.11 Å². The zero-order valence-electron chi connectivity index (χ0n) is 8.89. The van der Waals surface area contributed by atoms with Gasteiger partial charge in [0.25, 0.3) is 5.78 Å². The fourth-order valence-corrected chi connectivity index (χ4v) is 1.53. The van der Waals surface area contributed by atoms with E-state index in [1.807, 2.05) is 0 Å². The van der Waals surface area contributed by atoms with Crippen molar-refractivity contribution in [1.29, 1.82) is 5.26 Å². The fraction of sp³-hybridized carbons (Fsp3) is 0.222. The predicted molar refractivity (Wildman–Crippen MR) is 57.9 cm³/mol. The molecule has 94 valence electrons. The summed E-state index contributed by atoms with van der Waals surface area (Å²) in [5.41, 5.74) is -2.05. The number of alkyl halides is 1. The molecule has 0 N–H and O–H groups in total. The number of carbonyl (C=O) groups excluding carboxylic acids is 1. The van der Waals surface area contributed by atoms with Gasteiger partial charge in [-0.05, 0) is 0 Å². The van der Waals surface area contributed by atoms with E-state index in [2.05, 4.69) is 9.99 Å². The van der Waals surface area contributed by atoms with Gasteiger partial charge in [-0.25, -0.2) is 0 Å². The van der Waals surface area contributed by atoms with Crippen molar-refractivity contribution < 1.29 is 18.9 Å². The predicted octanol–water partition coefficient (Wildman–Crippen LogP) is 1.09. The highest BCUT2D eigenvalue weighted by Gasteiger charge is 2.37. The number of halogens is 2. The average Bonchev–Trinajstić information content (AvgIpc) is 2.33. The van der Waals surface area contributed by atoms with Gasteiger partial charge in [-0.1, -0.05) is 5.16 Å². The molecule has 0 spiro atoms. The summed E-state index contributed by atoms with van der Waals surface area (Å²) < 4.78 is 13.6. The maximum Gasteiger partial charge on any atom is 0.307 e. The van der Waals surface area contributed by atoms with E-state index in [1.54, 1.807) is 0 Å². The minimum Gasteiger partial charge on any atom is -0.399 e. The van der Waals surface area contributed by atoms with Crippen LogP contribution in [-0.4, -0.2) is 28.9 Å². The van der Waals surface area contributed by atoms with Crippen molar-refractivity contribution in [2.75, 3.05) is 7.11 Å². The summed E-state index contributed by atoms with van der Waals surface area (Å²) in [6.45, 7) is 0. The van der Waals surface area contributed by atoms with E-state index in [9.17, 15) is 19.3 Å². The number of rotatable bonds is 3. The molecule has 1 atom stereocenters. The Morgan fingerprint density at radius 2 is 2.39 bits per heavy atom. The third kappa shape index (κ3) is 2.36. The molecule has 0 bridgehead atoms. The van der Waals surface area contributed by atoms with E-state index in [0.29, 0.717) is 6.08 Å². The number of hydrogen-bond donors (Lipinski definition) is 0. The number of Topliss-reactive ketones (excluding diaryl/α,β-unsaturated/α-hetero) is 1. The van der Waals surface area contributed by atoms with Crippen molar-refractivity contribution >= 4 is 23.1 Å². The van der Waals surface area contributed by atoms with Gasteiger partial charge < -0.3 is 4.84 Å². The topological polar surface area (TPSA) is 106 Å². The van der Waals surface area contributed by atoms with Gasteiger partial charge in [0, 0.05) is 11.6 Å². The Kier molecular flexibility index (Phi) is 4.12. The van der Waals surface area contributed by atoms with E-state index in [4.69, 9.17) is 16.9 Å². The number of nitriles is 1. The first-order valence-electron chi connectivity index (χ1n) is 4.39. The first-order chi connectivity index (χ1) is 8.43. The molecule has 0 aliphatic heterocycles. The van der Waals surface area contributed by atoms with Gasteiger partial charge in [-0.15, -0.1) is 11.6 Å². The standard InChI is InChI=1S/C9H5ClFN3O4/c1-18-13-9-7(10)4(6(15)3-12)2-5(8(9)11)14(16)17/h2,7H,1H3. The highest BCUT2D eigenvalue weighted by atomic mass is 35.5. The molecular formula is C9H5ClFN3O4. The van der Waals surface area contributed by atoms with Gasteiger partial charge in [0.1, 0.15) is 24.3 Å². The largest absolute Gasteiger partial charge is 0.399 e. The lowest BCUT2D eigenvalue weighted by atomic mass is 9.97. The first-order valence-corrected chi connectivity index (χ1v) is 4.83. The second-order valence-electron chi connectivity index (χ2n) is 3.02. The second-order valence-corrected chi connectivity index (χ2v) is 3.46. The normalized spacial score (nSPS) is 21.3. The number of hydrogen-bond acceptors (Lipinski definition) is 6. The summed E-state index contributed by atoms with van der Waals surface area (Å²) in [5.74, 6) is -2.41. The molecule has 0 fully saturated rings. The molecule has 1 aliphatic carbocycles. The Balaban J connectivity index is 3.45. The van der Waals surface area contributed by atoms with Crippen molar-refractivity contribution in [3.05, 3.63) is 33.3 Å². The number of carbonyl (C=O) groups is 1. The van der Waals surface area contributed by atoms with Crippen molar-refractivity contribution in [2.45, 2.75) is 5.38 Å². The lowest BCUT2D eigenvalue weighted by Crippen LogP contribution is -2.28. The number of oxime groups is 1. The van der Waals surface area contributed by atoms with Crippen molar-refractivity contribution in [3.63, 3.8) is 0 Å². The molecule has 0 saturated carbocycles. The molecule has 0 aromatic rings. The van der Waals surface area contributed by atoms with Crippen molar-refractivity contribution in [3.8, 4) is 6.07 Å². The molecule has 0 heterocycles. The zero-order chi connectivity index (χ0) is 13.9. The van der Waals surface area contributed by atoms with Crippen LogP contribution in [0.5, 0.6) is 0 Å². The second kappa shape index (κ2) is 5.37. The zero-order valence-corrected chi connectivity index (χ0v) is 9.64. The van der Waals surface area contributed by atoms with Crippen LogP contribution >= 0.6 is 11.6 Å². The summed E-state index contributed by atoms with van der Waals surface area (Å²) in [7, 11) is 1.08. The lowest BCUT2D eigenvalue weighted by Gasteiger charge is -2.15. The number of ketones is 1. The van der Waals surface area contributed by atoms with E-state index in [-0.39, 0.29) is 0 Å². The summed E-state index contributed by atoms with van der Waals surface area (Å²) in [5, 5.41) is 20.8. The smallest absolute Gasteiger partial charge is 0.307 e. The van der Waals surface area contributed by atoms with Gasteiger partial charge in [-0.2, -0.15) is 9.65 Å². The summed E-state index contributed by atoms with van der Waals surface area (Å²) >= 11 is 5.72. The van der Waals surface area contributed by atoms with Crippen molar-refractivity contribution in [2.24, 2.45) is 5.16 Å². The first kappa shape index (κ1) is 13.8. The van der Waals surface area contributed by atoms with Crippen molar-refractivity contribution in [1.82, 2.24) is 0 Å². The third-order valence-electron chi connectivity index (χ3n) is 2.01. The molecule has 0 aromatic carbocycles. The van der Waals surface area contributed by atoms with Crippen LogP contribution < -0.4 is 0 Å². The van der Waals surface area contributed by atoms with Crippen LogP contribution in [0, 0.1) is 21.4 Å². The molecule has 9 heteroatoms. The van der Waals surface area contributed by atoms with Gasteiger partial charge in [-0.3, -0.25) is 14.9 Å². The average molecular weight is 274 g/mol. The molecule has 1 aliphatic rings. The van der Waals surface area contributed by atoms with Crippen LogP contribution in [-0.2, 0) is 9.63 Å². The van der Waals surface area contributed by atoms with Crippen LogP contribution in [0.25, 0.3) is 0 Å². The van der Waals surface area contributed by atoms with E-state index in [1.165, 1.54) is 6.07 Å². The molecular weight excluding hydrogens is 269 g/mol. The Bertz CT molecular complexity index is 547. The fourth-order valence-electron chi connectivity index (χ4n) is 1.24. The summed E-state index contributed by atoms with van der Waals surface area (Å²) in [6.07, 6.45) is 0.618. The highest BCUT2D eigenvalue weighted by molar-refractivity contribution is 6.40. The molecule has 1 rings (SSSR count). The van der Waals surface area contributed by atoms with Crippen LogP contribution in [0.4, 0.5) is 4.39 Å². The summed E-state index contributed by atoms with van der Waals surface area (Å²) in [6, 6.07) is 1.25. The lowest BCUT2D eigenvalue weighted by molar-refractivity contribution is -0.421. The molecule has 0 radical (unpaired) electrons. The molecule has 1 unspecified atom stereocenters. The molecule has 0 amide bonds. The monoisotopic (exact) mass is 273 g/mol. The molecule has 0 saturated heterocycles. The van der Waals surface area contributed by atoms with E-state index < -0.39 is 38.9 Å². The minimum atomic E-state index is -1.42. The molecule has 0 aromatic heterocycles. The maximum absolute atomic E-state index is 13.6. The molecule has 18 heavy (non-hydrogen) atoms.